The van der Waals surface area contributed by atoms with Gasteiger partial charge in [0.05, 0.1) is 0 Å². The number of benzene rings is 1. The summed E-state index contributed by atoms with van der Waals surface area (Å²) in [5.74, 6) is 0.904. The predicted octanol–water partition coefficient (Wildman–Crippen LogP) is 2.32. The third-order valence-electron chi connectivity index (χ3n) is 1.68. The molecule has 0 fully saturated rings. The summed E-state index contributed by atoms with van der Waals surface area (Å²) in [6, 6.07) is 9.84. The molecular weight excluding hydrogens is 150 g/mol. The summed E-state index contributed by atoms with van der Waals surface area (Å²) in [5.41, 5.74) is 0. The van der Waals surface area contributed by atoms with E-state index in [1.54, 1.807) is 0 Å². The van der Waals surface area contributed by atoms with E-state index >= 15 is 0 Å². The number of hydrogen-bond donors (Lipinski definition) is 0. The van der Waals surface area contributed by atoms with Crippen molar-refractivity contribution in [3.63, 3.8) is 0 Å². The fourth-order valence-corrected chi connectivity index (χ4v) is 0.983. The summed E-state index contributed by atoms with van der Waals surface area (Å²) >= 11 is 0. The van der Waals surface area contributed by atoms with Gasteiger partial charge in [-0.3, -0.25) is 0 Å². The van der Waals surface area contributed by atoms with Crippen molar-refractivity contribution in [2.24, 2.45) is 0 Å². The van der Waals surface area contributed by atoms with Crippen molar-refractivity contribution in [2.75, 3.05) is 13.1 Å². The summed E-state index contributed by atoms with van der Waals surface area (Å²) in [6.07, 6.45) is 0. The minimum Gasteiger partial charge on any atom is -0.406 e. The molecular formula is C10H15NO. The first-order valence-electron chi connectivity index (χ1n) is 4.34. The largest absolute Gasteiger partial charge is 0.406 e. The molecule has 0 aliphatic rings. The molecule has 0 aromatic heterocycles. The van der Waals surface area contributed by atoms with Gasteiger partial charge in [0.1, 0.15) is 5.75 Å². The Morgan fingerprint density at radius 2 is 1.67 bits per heavy atom. The standard InChI is InChI=1S/C10H15NO/c1-3-11(4-2)12-10-8-6-5-7-9-10/h5-9H,3-4H2,1-2H3. The van der Waals surface area contributed by atoms with Crippen LogP contribution in [0.25, 0.3) is 0 Å². The number of hydrogen-bond acceptors (Lipinski definition) is 2. The van der Waals surface area contributed by atoms with E-state index in [0.29, 0.717) is 0 Å². The van der Waals surface area contributed by atoms with Gasteiger partial charge in [-0.1, -0.05) is 18.2 Å². The van der Waals surface area contributed by atoms with Gasteiger partial charge in [-0.05, 0) is 26.0 Å². The van der Waals surface area contributed by atoms with Crippen LogP contribution in [0.2, 0.25) is 0 Å². The fraction of sp³-hybridized carbons (Fsp3) is 0.400. The maximum absolute atomic E-state index is 5.55. The van der Waals surface area contributed by atoms with Crippen molar-refractivity contribution in [3.05, 3.63) is 30.3 Å². The minimum absolute atomic E-state index is 0.904. The zero-order valence-corrected chi connectivity index (χ0v) is 7.66. The Kier molecular flexibility index (Phi) is 3.61. The maximum atomic E-state index is 5.55. The highest BCUT2D eigenvalue weighted by molar-refractivity contribution is 5.20. The van der Waals surface area contributed by atoms with E-state index in [0.717, 1.165) is 18.8 Å². The van der Waals surface area contributed by atoms with Gasteiger partial charge in [0, 0.05) is 13.1 Å². The van der Waals surface area contributed by atoms with Crippen molar-refractivity contribution in [1.82, 2.24) is 5.06 Å². The quantitative estimate of drug-likeness (QED) is 0.635. The molecule has 12 heavy (non-hydrogen) atoms. The van der Waals surface area contributed by atoms with Gasteiger partial charge in [-0.2, -0.15) is 0 Å². The molecule has 0 heterocycles. The molecule has 0 atom stereocenters. The highest BCUT2D eigenvalue weighted by atomic mass is 16.7. The van der Waals surface area contributed by atoms with Crippen molar-refractivity contribution >= 4 is 0 Å². The second-order valence-electron chi connectivity index (χ2n) is 2.52. The van der Waals surface area contributed by atoms with Crippen molar-refractivity contribution in [3.8, 4) is 5.75 Å². The molecule has 0 saturated heterocycles. The molecule has 2 nitrogen and oxygen atoms in total. The lowest BCUT2D eigenvalue weighted by Gasteiger charge is -2.18. The highest BCUT2D eigenvalue weighted by Crippen LogP contribution is 2.09. The topological polar surface area (TPSA) is 12.5 Å². The van der Waals surface area contributed by atoms with E-state index in [9.17, 15) is 0 Å². The summed E-state index contributed by atoms with van der Waals surface area (Å²) in [5, 5.41) is 1.91. The van der Waals surface area contributed by atoms with E-state index in [1.807, 2.05) is 35.4 Å². The molecule has 0 aliphatic heterocycles. The van der Waals surface area contributed by atoms with Gasteiger partial charge in [-0.15, -0.1) is 5.06 Å². The van der Waals surface area contributed by atoms with Crippen LogP contribution >= 0.6 is 0 Å². The predicted molar refractivity (Wildman–Crippen MR) is 50.0 cm³/mol. The molecule has 0 unspecified atom stereocenters. The van der Waals surface area contributed by atoms with Gasteiger partial charge in [0.25, 0.3) is 0 Å². The first-order valence-corrected chi connectivity index (χ1v) is 4.34. The number of para-hydroxylation sites is 1. The van der Waals surface area contributed by atoms with Crippen molar-refractivity contribution in [1.29, 1.82) is 0 Å². The number of hydroxylamine groups is 2. The van der Waals surface area contributed by atoms with Crippen LogP contribution in [0.5, 0.6) is 5.75 Å². The number of nitrogens with zero attached hydrogens (tertiary/aromatic N) is 1. The van der Waals surface area contributed by atoms with Crippen LogP contribution in [0, 0.1) is 0 Å². The van der Waals surface area contributed by atoms with Gasteiger partial charge in [-0.25, -0.2) is 0 Å². The molecule has 1 rings (SSSR count). The molecule has 1 aromatic carbocycles. The van der Waals surface area contributed by atoms with E-state index in [1.165, 1.54) is 0 Å². The summed E-state index contributed by atoms with van der Waals surface area (Å²) in [6.45, 7) is 5.97. The van der Waals surface area contributed by atoms with Crippen molar-refractivity contribution in [2.45, 2.75) is 13.8 Å². The van der Waals surface area contributed by atoms with Crippen LogP contribution < -0.4 is 4.84 Å². The molecule has 66 valence electrons. The SMILES string of the molecule is CCN(CC)Oc1ccccc1. The molecule has 0 aliphatic carbocycles. The van der Waals surface area contributed by atoms with Gasteiger partial charge in [0.15, 0.2) is 0 Å². The van der Waals surface area contributed by atoms with Crippen LogP contribution in [-0.4, -0.2) is 18.2 Å². The smallest absolute Gasteiger partial charge is 0.147 e. The first-order chi connectivity index (χ1) is 5.86. The average molecular weight is 165 g/mol. The Morgan fingerprint density at radius 1 is 1.08 bits per heavy atom. The van der Waals surface area contributed by atoms with Crippen LogP contribution in [0.4, 0.5) is 0 Å². The van der Waals surface area contributed by atoms with Crippen LogP contribution in [0.1, 0.15) is 13.8 Å². The zero-order chi connectivity index (χ0) is 8.81. The van der Waals surface area contributed by atoms with E-state index < -0.39 is 0 Å². The molecule has 1 aromatic rings. The second-order valence-corrected chi connectivity index (χ2v) is 2.52. The van der Waals surface area contributed by atoms with Gasteiger partial charge in [0.2, 0.25) is 0 Å². The summed E-state index contributed by atoms with van der Waals surface area (Å²) < 4.78 is 0. The lowest BCUT2D eigenvalue weighted by Crippen LogP contribution is -2.26. The molecule has 0 radical (unpaired) electrons. The first kappa shape index (κ1) is 9.07. The Balaban J connectivity index is 2.51. The Morgan fingerprint density at radius 3 is 2.17 bits per heavy atom. The minimum atomic E-state index is 0.904. The highest BCUT2D eigenvalue weighted by Gasteiger charge is 1.99. The Bertz CT molecular complexity index is 206. The summed E-state index contributed by atoms with van der Waals surface area (Å²) in [7, 11) is 0. The van der Waals surface area contributed by atoms with Crippen LogP contribution in [0.3, 0.4) is 0 Å². The molecule has 0 N–H and O–H groups in total. The average Bonchev–Trinajstić information content (AvgIpc) is 2.16. The normalized spacial score (nSPS) is 10.2. The number of rotatable bonds is 4. The van der Waals surface area contributed by atoms with E-state index in [2.05, 4.69) is 13.8 Å². The summed E-state index contributed by atoms with van der Waals surface area (Å²) in [4.78, 5) is 5.55. The molecule has 0 amide bonds. The van der Waals surface area contributed by atoms with Gasteiger partial charge < -0.3 is 4.84 Å². The monoisotopic (exact) mass is 165 g/mol. The Labute approximate surface area is 73.7 Å². The zero-order valence-electron chi connectivity index (χ0n) is 7.66. The van der Waals surface area contributed by atoms with Crippen LogP contribution in [-0.2, 0) is 0 Å². The molecule has 2 heteroatoms. The van der Waals surface area contributed by atoms with E-state index in [-0.39, 0.29) is 0 Å². The fourth-order valence-electron chi connectivity index (χ4n) is 0.983. The third kappa shape index (κ3) is 2.55. The third-order valence-corrected chi connectivity index (χ3v) is 1.68. The molecule has 0 bridgehead atoms. The lowest BCUT2D eigenvalue weighted by molar-refractivity contribution is -0.0486. The van der Waals surface area contributed by atoms with E-state index in [4.69, 9.17) is 4.84 Å². The van der Waals surface area contributed by atoms with Crippen LogP contribution in [0.15, 0.2) is 30.3 Å². The maximum Gasteiger partial charge on any atom is 0.147 e. The lowest BCUT2D eigenvalue weighted by atomic mass is 10.3. The molecule has 0 saturated carbocycles. The van der Waals surface area contributed by atoms with Crippen molar-refractivity contribution < 1.29 is 4.84 Å². The second kappa shape index (κ2) is 4.78. The molecule has 0 spiro atoms. The Hall–Kier alpha value is -1.02. The van der Waals surface area contributed by atoms with Gasteiger partial charge >= 0.3 is 0 Å².